The molecule has 0 radical (unpaired) electrons. The van der Waals surface area contributed by atoms with E-state index in [2.05, 4.69) is 430 Å². The van der Waals surface area contributed by atoms with E-state index in [1.807, 2.05) is 0 Å². The number of benzene rings is 19. The van der Waals surface area contributed by atoms with Crippen molar-refractivity contribution in [2.45, 2.75) is 98.7 Å². The van der Waals surface area contributed by atoms with E-state index in [4.69, 9.17) is 0 Å². The molecule has 0 aromatic heterocycles. The highest BCUT2D eigenvalue weighted by Crippen LogP contribution is 2.78. The second-order valence-electron chi connectivity index (χ2n) is 42.1. The lowest BCUT2D eigenvalue weighted by Crippen LogP contribution is -2.55. The van der Waals surface area contributed by atoms with Gasteiger partial charge < -0.3 is 9.80 Å². The van der Waals surface area contributed by atoms with Crippen molar-refractivity contribution in [2.75, 3.05) is 9.80 Å². The van der Waals surface area contributed by atoms with Gasteiger partial charge in [0.25, 0.3) is 0 Å². The van der Waals surface area contributed by atoms with Gasteiger partial charge in [-0.3, -0.25) is 0 Å². The van der Waals surface area contributed by atoms with E-state index in [1.165, 1.54) is 233 Å². The molecular weight excluding hydrogens is 1600 g/mol. The first-order valence-corrected chi connectivity index (χ1v) is 49.2. The molecule has 0 saturated heterocycles. The SMILES string of the molecule is CC1(C)c2ccccc2-c2ccc(N(c3ccc4c(c3)C3(c5ccccc5-4)c4ccccc4-c4c3ccc3ccccc43)c3cccc(-c4cc(C56CC7CC(C5)C5(c8ccccc8-c8ccc(N(c9ccc%10c(c9)C9(c%11ccccc%11-%10)C%10CC%11CC(C%10)CC9C%11)c9cccc(-c%10ccc%11ccccc%11c%10)c9-c9ccccc9)cc85)C7C6)c5ccccc5c4)c3-c3ccccc3)cc21. The summed E-state index contributed by atoms with van der Waals surface area (Å²) in [6.45, 7) is 4.87. The lowest BCUT2D eigenvalue weighted by Gasteiger charge is -2.61. The van der Waals surface area contributed by atoms with Crippen LogP contribution < -0.4 is 9.80 Å². The maximum Gasteiger partial charge on any atom is 0.0726 e. The molecule has 3 spiro atoms. The van der Waals surface area contributed by atoms with Gasteiger partial charge in [-0.15, -0.1) is 0 Å². The first kappa shape index (κ1) is 75.3. The Hall–Kier alpha value is -14.4. The van der Waals surface area contributed by atoms with Crippen LogP contribution in [0.5, 0.6) is 0 Å². The molecule has 19 aromatic rings. The summed E-state index contributed by atoms with van der Waals surface area (Å²) < 4.78 is 0. The van der Waals surface area contributed by atoms with Crippen molar-refractivity contribution in [3.05, 3.63) is 468 Å². The third kappa shape index (κ3) is 9.98. The van der Waals surface area contributed by atoms with Crippen molar-refractivity contribution in [1.29, 1.82) is 0 Å². The Labute approximate surface area is 778 Å². The average Bonchev–Trinajstić information content (AvgIpc) is 1.49. The highest BCUT2D eigenvalue weighted by Gasteiger charge is 2.71. The smallest absolute Gasteiger partial charge is 0.0726 e. The molecular formula is C131H98N2. The first-order chi connectivity index (χ1) is 65.6. The van der Waals surface area contributed by atoms with Crippen molar-refractivity contribution in [3.8, 4) is 100 Å². The molecule has 0 amide bonds. The van der Waals surface area contributed by atoms with E-state index in [-0.39, 0.29) is 21.7 Å². The Morgan fingerprint density at radius 3 is 1.28 bits per heavy atom. The van der Waals surface area contributed by atoms with Crippen LogP contribution in [0.15, 0.2) is 406 Å². The van der Waals surface area contributed by atoms with Crippen molar-refractivity contribution < 1.29 is 0 Å². The zero-order chi connectivity index (χ0) is 87.1. The highest BCUT2D eigenvalue weighted by molar-refractivity contribution is 6.09. The van der Waals surface area contributed by atoms with Gasteiger partial charge in [0, 0.05) is 50.1 Å². The fourth-order valence-corrected chi connectivity index (χ4v) is 31.5. The van der Waals surface area contributed by atoms with Crippen molar-refractivity contribution in [2.24, 2.45) is 41.4 Å². The summed E-state index contributed by atoms with van der Waals surface area (Å²) in [5.74, 6) is 4.31. The van der Waals surface area contributed by atoms with Gasteiger partial charge >= 0.3 is 0 Å². The van der Waals surface area contributed by atoms with Gasteiger partial charge in [0.15, 0.2) is 0 Å². The Kier molecular flexibility index (Phi) is 15.5. The number of nitrogens with zero attached hydrogens (tertiary/aromatic N) is 2. The standard InChI is InChI=1S/C131H98N2/c1-127(2)110-44-20-15-37-101(110)105-58-54-93(72-116(105)127)132(96-57-61-108-104-40-18-23-47-113(104)131(120(108)75-96)114-48-24-19-41-109(114)126-98-36-14-11-28-82(98)53-62-115(126)131)123-50-26-43-100(125(123)84-31-7-4-8-32-84)88-69-86-34-12-13-35-97(86)117(71-88)128-76-89-70-92(77-128)130(121(89)78-128)112-46-22-17-39-103(112)107-60-56-95(74-119(107)130)133(122-49-25-42-99(124(122)83-29-5-3-6-30-83)87-52-51-81-27-9-10-33-85(81)68-87)94-55-59-106-102-38-16-21-45-111(102)129(118(106)73-94)90-64-79-63-80(66-90)67-91(129)65-79/h3-62,68-69,71-75,79-80,89-92,121H,63-67,70,76-78H2,1-2H3. The van der Waals surface area contributed by atoms with Crippen LogP contribution in [0, 0.1) is 41.4 Å². The average molecular weight is 1700 g/mol. The summed E-state index contributed by atoms with van der Waals surface area (Å²) in [4.78, 5) is 5.43. The minimum absolute atomic E-state index is 0.00987. The summed E-state index contributed by atoms with van der Waals surface area (Å²) in [5, 5.41) is 7.78. The molecule has 0 aliphatic heterocycles. The van der Waals surface area contributed by atoms with Crippen molar-refractivity contribution in [1.82, 2.24) is 0 Å². The normalized spacial score (nSPS) is 23.7. The van der Waals surface area contributed by atoms with Crippen LogP contribution in [0.25, 0.3) is 132 Å². The van der Waals surface area contributed by atoms with Gasteiger partial charge in [-0.2, -0.15) is 0 Å². The fraction of sp³-hybridized carbons (Fsp3) is 0.176. The number of anilines is 6. The second kappa shape index (κ2) is 27.4. The van der Waals surface area contributed by atoms with E-state index in [1.54, 1.807) is 22.3 Å². The Bertz CT molecular complexity index is 8230. The lowest BCUT2D eigenvalue weighted by molar-refractivity contribution is -0.0399. The summed E-state index contributed by atoms with van der Waals surface area (Å²) in [7, 11) is 0. The monoisotopic (exact) mass is 1700 g/mol. The lowest BCUT2D eigenvalue weighted by atomic mass is 9.43. The summed E-state index contributed by atoms with van der Waals surface area (Å²) in [6, 6.07) is 160. The van der Waals surface area contributed by atoms with Crippen LogP contribution in [0.2, 0.25) is 0 Å². The van der Waals surface area contributed by atoms with E-state index >= 15 is 0 Å². The van der Waals surface area contributed by atoms with Crippen molar-refractivity contribution >= 4 is 66.4 Å². The Morgan fingerprint density at radius 1 is 0.226 bits per heavy atom. The molecule has 0 N–H and O–H groups in total. The second-order valence-corrected chi connectivity index (χ2v) is 42.1. The third-order valence-corrected chi connectivity index (χ3v) is 36.0. The molecule has 2 heteroatoms. The molecule has 32 rings (SSSR count). The Balaban J connectivity index is 0.593. The molecule has 13 aliphatic carbocycles. The molecule has 8 saturated carbocycles. The van der Waals surface area contributed by atoms with E-state index in [0.717, 1.165) is 41.7 Å². The predicted octanol–water partition coefficient (Wildman–Crippen LogP) is 33.8. The zero-order valence-corrected chi connectivity index (χ0v) is 75.0. The molecule has 8 bridgehead atoms. The van der Waals surface area contributed by atoms with Gasteiger partial charge in [0.05, 0.1) is 16.8 Å². The summed E-state index contributed by atoms with van der Waals surface area (Å²) in [5.41, 5.74) is 45.4. The van der Waals surface area contributed by atoms with Crippen LogP contribution in [0.3, 0.4) is 0 Å². The molecule has 0 heterocycles. The third-order valence-electron chi connectivity index (χ3n) is 36.0. The van der Waals surface area contributed by atoms with Gasteiger partial charge in [-0.05, 0) is 366 Å². The maximum absolute atomic E-state index is 2.78. The minimum atomic E-state index is -0.585. The number of hydrogen-bond acceptors (Lipinski definition) is 2. The molecule has 8 fully saturated rings. The molecule has 19 aromatic carbocycles. The van der Waals surface area contributed by atoms with Gasteiger partial charge in [0.2, 0.25) is 0 Å². The van der Waals surface area contributed by atoms with Gasteiger partial charge in [-0.1, -0.05) is 341 Å². The summed E-state index contributed by atoms with van der Waals surface area (Å²) in [6.07, 6.45) is 11.4. The van der Waals surface area contributed by atoms with E-state index in [9.17, 15) is 0 Å². The molecule has 2 nitrogen and oxygen atoms in total. The first-order valence-electron chi connectivity index (χ1n) is 49.2. The molecule has 632 valence electrons. The topological polar surface area (TPSA) is 6.48 Å². The Morgan fingerprint density at radius 2 is 0.662 bits per heavy atom. The van der Waals surface area contributed by atoms with Crippen molar-refractivity contribution in [3.63, 3.8) is 0 Å². The summed E-state index contributed by atoms with van der Waals surface area (Å²) >= 11 is 0. The van der Waals surface area contributed by atoms with Crippen LogP contribution >= 0.6 is 0 Å². The van der Waals surface area contributed by atoms with Crippen LogP contribution in [-0.2, 0) is 27.1 Å². The number of hydrogen-bond donors (Lipinski definition) is 0. The van der Waals surface area contributed by atoms with Gasteiger partial charge in [-0.25, -0.2) is 0 Å². The zero-order valence-electron chi connectivity index (χ0n) is 75.0. The number of fused-ring (bicyclic) bond motifs is 23. The van der Waals surface area contributed by atoms with E-state index in [0.29, 0.717) is 29.6 Å². The van der Waals surface area contributed by atoms with Gasteiger partial charge in [0.1, 0.15) is 0 Å². The number of rotatable bonds is 11. The van der Waals surface area contributed by atoms with Crippen LogP contribution in [0.4, 0.5) is 34.1 Å². The fourth-order valence-electron chi connectivity index (χ4n) is 31.5. The van der Waals surface area contributed by atoms with Crippen LogP contribution in [0.1, 0.15) is 133 Å². The molecule has 6 unspecified atom stereocenters. The largest absolute Gasteiger partial charge is 0.310 e. The maximum atomic E-state index is 2.78. The highest BCUT2D eigenvalue weighted by atomic mass is 15.2. The predicted molar refractivity (Wildman–Crippen MR) is 550 cm³/mol. The molecule has 133 heavy (non-hydrogen) atoms. The molecule has 13 aliphatic rings. The molecule has 6 atom stereocenters. The van der Waals surface area contributed by atoms with E-state index < -0.39 is 5.41 Å². The minimum Gasteiger partial charge on any atom is -0.310 e. The quantitative estimate of drug-likeness (QED) is 0.127. The van der Waals surface area contributed by atoms with Crippen LogP contribution in [-0.4, -0.2) is 0 Å².